The van der Waals surface area contributed by atoms with Gasteiger partial charge in [-0.3, -0.25) is 9.48 Å². The zero-order chi connectivity index (χ0) is 13.3. The SMILES string of the molecule is CCn1nc(C)cc1C(=O)N(C)CC1CC(N)C1. The van der Waals surface area contributed by atoms with Crippen LogP contribution >= 0.6 is 0 Å². The van der Waals surface area contributed by atoms with Gasteiger partial charge in [0.1, 0.15) is 5.69 Å². The highest BCUT2D eigenvalue weighted by Crippen LogP contribution is 2.26. The molecule has 0 aliphatic heterocycles. The number of aromatic nitrogens is 2. The van der Waals surface area contributed by atoms with Gasteiger partial charge in [0.2, 0.25) is 0 Å². The van der Waals surface area contributed by atoms with Crippen molar-refractivity contribution in [2.24, 2.45) is 11.7 Å². The van der Waals surface area contributed by atoms with E-state index in [4.69, 9.17) is 5.73 Å². The predicted octanol–water partition coefficient (Wildman–Crippen LogP) is 1.02. The van der Waals surface area contributed by atoms with Gasteiger partial charge in [0.15, 0.2) is 0 Å². The van der Waals surface area contributed by atoms with Crippen molar-refractivity contribution < 1.29 is 4.79 Å². The lowest BCUT2D eigenvalue weighted by atomic mass is 9.80. The number of hydrogen-bond donors (Lipinski definition) is 1. The summed E-state index contributed by atoms with van der Waals surface area (Å²) < 4.78 is 1.76. The maximum atomic E-state index is 12.3. The predicted molar refractivity (Wildman–Crippen MR) is 70.3 cm³/mol. The molecule has 0 radical (unpaired) electrons. The highest BCUT2D eigenvalue weighted by Gasteiger charge is 2.28. The van der Waals surface area contributed by atoms with Crippen LogP contribution in [-0.4, -0.2) is 40.2 Å². The third-order valence-electron chi connectivity index (χ3n) is 3.57. The van der Waals surface area contributed by atoms with Crippen LogP contribution in [0.3, 0.4) is 0 Å². The number of rotatable bonds is 4. The zero-order valence-corrected chi connectivity index (χ0v) is 11.4. The molecule has 1 amide bonds. The molecule has 0 bridgehead atoms. The number of hydrogen-bond acceptors (Lipinski definition) is 3. The molecule has 1 aromatic heterocycles. The molecule has 1 aliphatic rings. The standard InChI is InChI=1S/C13H22N4O/c1-4-17-12(5-9(2)15-17)13(18)16(3)8-10-6-11(14)7-10/h5,10-11H,4,6-8,14H2,1-3H3. The fourth-order valence-corrected chi connectivity index (χ4v) is 2.56. The first-order chi connectivity index (χ1) is 8.51. The summed E-state index contributed by atoms with van der Waals surface area (Å²) in [6.07, 6.45) is 2.06. The van der Waals surface area contributed by atoms with Crippen molar-refractivity contribution in [2.45, 2.75) is 39.3 Å². The van der Waals surface area contributed by atoms with Gasteiger partial charge in [-0.1, -0.05) is 0 Å². The van der Waals surface area contributed by atoms with Gasteiger partial charge in [-0.25, -0.2) is 0 Å². The zero-order valence-electron chi connectivity index (χ0n) is 11.4. The summed E-state index contributed by atoms with van der Waals surface area (Å²) in [7, 11) is 1.86. The highest BCUT2D eigenvalue weighted by atomic mass is 16.2. The molecule has 1 heterocycles. The molecule has 0 saturated heterocycles. The third-order valence-corrected chi connectivity index (χ3v) is 3.57. The molecule has 0 atom stereocenters. The molecule has 1 aliphatic carbocycles. The summed E-state index contributed by atoms with van der Waals surface area (Å²) in [4.78, 5) is 14.1. The molecule has 2 N–H and O–H groups in total. The van der Waals surface area contributed by atoms with Gasteiger partial charge in [0.25, 0.3) is 5.91 Å². The van der Waals surface area contributed by atoms with Gasteiger partial charge in [0, 0.05) is 26.2 Å². The van der Waals surface area contributed by atoms with Crippen LogP contribution in [0.1, 0.15) is 35.9 Å². The molecular weight excluding hydrogens is 228 g/mol. The van der Waals surface area contributed by atoms with Crippen LogP contribution in [0.15, 0.2) is 6.07 Å². The van der Waals surface area contributed by atoms with Gasteiger partial charge in [0.05, 0.1) is 5.69 Å². The summed E-state index contributed by atoms with van der Waals surface area (Å²) in [5.41, 5.74) is 7.33. The van der Waals surface area contributed by atoms with Crippen molar-refractivity contribution >= 4 is 5.91 Å². The first-order valence-corrected chi connectivity index (χ1v) is 6.56. The first-order valence-electron chi connectivity index (χ1n) is 6.56. The van der Waals surface area contributed by atoms with E-state index < -0.39 is 0 Å². The van der Waals surface area contributed by atoms with Crippen molar-refractivity contribution in [1.29, 1.82) is 0 Å². The summed E-state index contributed by atoms with van der Waals surface area (Å²) in [6.45, 7) is 5.42. The van der Waals surface area contributed by atoms with E-state index in [0.717, 1.165) is 31.6 Å². The van der Waals surface area contributed by atoms with E-state index in [-0.39, 0.29) is 5.91 Å². The maximum Gasteiger partial charge on any atom is 0.271 e. The van der Waals surface area contributed by atoms with Crippen LogP contribution in [0.5, 0.6) is 0 Å². The minimum atomic E-state index is 0.0536. The second-order valence-electron chi connectivity index (χ2n) is 5.27. The van der Waals surface area contributed by atoms with Crippen LogP contribution < -0.4 is 5.73 Å². The van der Waals surface area contributed by atoms with Crippen molar-refractivity contribution in [2.75, 3.05) is 13.6 Å². The van der Waals surface area contributed by atoms with Gasteiger partial charge in [-0.05, 0) is 38.7 Å². The lowest BCUT2D eigenvalue weighted by Crippen LogP contribution is -2.43. The smallest absolute Gasteiger partial charge is 0.271 e. The Morgan fingerprint density at radius 2 is 2.28 bits per heavy atom. The van der Waals surface area contributed by atoms with E-state index >= 15 is 0 Å². The molecule has 1 aromatic rings. The Morgan fingerprint density at radius 1 is 1.61 bits per heavy atom. The number of carbonyl (C=O) groups excluding carboxylic acids is 1. The second-order valence-corrected chi connectivity index (χ2v) is 5.27. The van der Waals surface area contributed by atoms with Gasteiger partial charge in [-0.2, -0.15) is 5.10 Å². The number of nitrogens with two attached hydrogens (primary N) is 1. The Morgan fingerprint density at radius 3 is 2.83 bits per heavy atom. The van der Waals surface area contributed by atoms with Gasteiger partial charge >= 0.3 is 0 Å². The molecular formula is C13H22N4O. The van der Waals surface area contributed by atoms with E-state index in [0.29, 0.717) is 17.7 Å². The Bertz CT molecular complexity index is 434. The average Bonchev–Trinajstić information content (AvgIpc) is 2.67. The van der Waals surface area contributed by atoms with Crippen LogP contribution in [-0.2, 0) is 6.54 Å². The van der Waals surface area contributed by atoms with Gasteiger partial charge in [-0.15, -0.1) is 0 Å². The number of aryl methyl sites for hydroxylation is 2. The summed E-state index contributed by atoms with van der Waals surface area (Å²) >= 11 is 0. The van der Waals surface area contributed by atoms with E-state index in [1.807, 2.05) is 27.0 Å². The van der Waals surface area contributed by atoms with E-state index in [1.165, 1.54) is 0 Å². The van der Waals surface area contributed by atoms with Gasteiger partial charge < -0.3 is 10.6 Å². The molecule has 0 spiro atoms. The number of carbonyl (C=O) groups is 1. The third kappa shape index (κ3) is 2.56. The molecule has 1 saturated carbocycles. The van der Waals surface area contributed by atoms with Crippen molar-refractivity contribution in [3.63, 3.8) is 0 Å². The number of amides is 1. The molecule has 1 fully saturated rings. The fraction of sp³-hybridized carbons (Fsp3) is 0.692. The largest absolute Gasteiger partial charge is 0.340 e. The lowest BCUT2D eigenvalue weighted by molar-refractivity contribution is 0.0722. The topological polar surface area (TPSA) is 64.2 Å². The summed E-state index contributed by atoms with van der Waals surface area (Å²) in [5.74, 6) is 0.617. The van der Waals surface area contributed by atoms with Crippen molar-refractivity contribution in [3.8, 4) is 0 Å². The first kappa shape index (κ1) is 13.1. The minimum Gasteiger partial charge on any atom is -0.340 e. The normalized spacial score (nSPS) is 22.7. The highest BCUT2D eigenvalue weighted by molar-refractivity contribution is 5.92. The van der Waals surface area contributed by atoms with Crippen molar-refractivity contribution in [3.05, 3.63) is 17.5 Å². The monoisotopic (exact) mass is 250 g/mol. The Kier molecular flexibility index (Phi) is 3.71. The molecule has 5 nitrogen and oxygen atoms in total. The Hall–Kier alpha value is -1.36. The van der Waals surface area contributed by atoms with Crippen LogP contribution in [0.2, 0.25) is 0 Å². The van der Waals surface area contributed by atoms with E-state index in [1.54, 1.807) is 9.58 Å². The molecule has 0 unspecified atom stereocenters. The Labute approximate surface area is 108 Å². The molecule has 18 heavy (non-hydrogen) atoms. The lowest BCUT2D eigenvalue weighted by Gasteiger charge is -2.35. The summed E-state index contributed by atoms with van der Waals surface area (Å²) in [6, 6.07) is 2.19. The molecule has 2 rings (SSSR count). The molecule has 5 heteroatoms. The summed E-state index contributed by atoms with van der Waals surface area (Å²) in [5, 5.41) is 4.31. The van der Waals surface area contributed by atoms with Crippen LogP contribution in [0, 0.1) is 12.8 Å². The quantitative estimate of drug-likeness (QED) is 0.867. The van der Waals surface area contributed by atoms with E-state index in [9.17, 15) is 4.79 Å². The van der Waals surface area contributed by atoms with E-state index in [2.05, 4.69) is 5.10 Å². The minimum absolute atomic E-state index is 0.0536. The molecule has 100 valence electrons. The maximum absolute atomic E-state index is 12.3. The second kappa shape index (κ2) is 5.10. The average molecular weight is 250 g/mol. The van der Waals surface area contributed by atoms with Crippen LogP contribution in [0.25, 0.3) is 0 Å². The van der Waals surface area contributed by atoms with Crippen molar-refractivity contribution in [1.82, 2.24) is 14.7 Å². The Balaban J connectivity index is 2.01. The fourth-order valence-electron chi connectivity index (χ4n) is 2.56. The van der Waals surface area contributed by atoms with Crippen LogP contribution in [0.4, 0.5) is 0 Å². The number of nitrogens with zero attached hydrogens (tertiary/aromatic N) is 3. The molecule has 0 aromatic carbocycles.